The predicted octanol–water partition coefficient (Wildman–Crippen LogP) is 8.55. The number of nitrogens with zero attached hydrogens (tertiary/aromatic N) is 2. The van der Waals surface area contributed by atoms with Crippen LogP contribution in [0.3, 0.4) is 0 Å². The van der Waals surface area contributed by atoms with Crippen molar-refractivity contribution in [1.29, 1.82) is 0 Å². The minimum absolute atomic E-state index is 1.26. The fourth-order valence-corrected chi connectivity index (χ4v) is 6.49. The molecule has 0 aliphatic heterocycles. The van der Waals surface area contributed by atoms with Gasteiger partial charge in [0.05, 0.1) is 33.1 Å². The Balaban J connectivity index is 1.75. The van der Waals surface area contributed by atoms with Crippen LogP contribution in [-0.2, 0) is 0 Å². The minimum Gasteiger partial charge on any atom is -0.305 e. The number of fused-ring (bicyclic) bond motifs is 12. The van der Waals surface area contributed by atoms with Gasteiger partial charge in [0.2, 0.25) is 0 Å². The zero-order valence-corrected chi connectivity index (χ0v) is 18.3. The molecule has 0 aliphatic rings. The first-order valence-electron chi connectivity index (χ1n) is 11.8. The molecule has 9 rings (SSSR count). The van der Waals surface area contributed by atoms with Crippen LogP contribution in [-0.4, -0.2) is 8.80 Å². The second-order valence-corrected chi connectivity index (χ2v) is 9.38. The third kappa shape index (κ3) is 1.79. The summed E-state index contributed by atoms with van der Waals surface area (Å²) in [4.78, 5) is 0. The summed E-state index contributed by atoms with van der Waals surface area (Å²) in [7, 11) is 0. The quantitative estimate of drug-likeness (QED) is 0.213. The fraction of sp³-hybridized carbons (Fsp3) is 0. The highest BCUT2D eigenvalue weighted by Gasteiger charge is 2.22. The van der Waals surface area contributed by atoms with E-state index in [1.165, 1.54) is 76.2 Å². The number of hydrogen-bond acceptors (Lipinski definition) is 0. The molecule has 0 atom stereocenters. The average molecular weight is 431 g/mol. The van der Waals surface area contributed by atoms with Crippen LogP contribution in [0.2, 0.25) is 0 Å². The van der Waals surface area contributed by atoms with Crippen molar-refractivity contribution in [3.63, 3.8) is 0 Å². The number of aromatic nitrogens is 2. The summed E-state index contributed by atoms with van der Waals surface area (Å²) in [6.45, 7) is 0. The maximum atomic E-state index is 2.51. The molecule has 0 unspecified atom stereocenters. The van der Waals surface area contributed by atoms with Crippen molar-refractivity contribution in [3.8, 4) is 0 Å². The van der Waals surface area contributed by atoms with Crippen LogP contribution >= 0.6 is 0 Å². The van der Waals surface area contributed by atoms with E-state index in [1.807, 2.05) is 0 Å². The summed E-state index contributed by atoms with van der Waals surface area (Å²) in [6.07, 6.45) is 0. The van der Waals surface area contributed by atoms with Crippen LogP contribution in [0.25, 0.3) is 76.2 Å². The molecular formula is C32H18N2. The molecule has 0 aliphatic carbocycles. The molecular weight excluding hydrogens is 412 g/mol. The van der Waals surface area contributed by atoms with Crippen molar-refractivity contribution >= 4 is 76.2 Å². The summed E-state index contributed by atoms with van der Waals surface area (Å²) >= 11 is 0. The number of rotatable bonds is 0. The summed E-state index contributed by atoms with van der Waals surface area (Å²) in [5, 5.41) is 10.5. The van der Waals surface area contributed by atoms with E-state index < -0.39 is 0 Å². The molecule has 2 heteroatoms. The van der Waals surface area contributed by atoms with E-state index in [0.29, 0.717) is 0 Å². The van der Waals surface area contributed by atoms with Gasteiger partial charge in [-0.1, -0.05) is 84.9 Å². The zero-order valence-electron chi connectivity index (χ0n) is 18.3. The van der Waals surface area contributed by atoms with Crippen molar-refractivity contribution in [2.24, 2.45) is 0 Å². The Morgan fingerprint density at radius 3 is 1.88 bits per heavy atom. The smallest absolute Gasteiger partial charge is 0.0789 e. The third-order valence-corrected chi connectivity index (χ3v) is 7.78. The van der Waals surface area contributed by atoms with Crippen molar-refractivity contribution < 1.29 is 0 Å². The molecule has 0 radical (unpaired) electrons. The molecule has 0 saturated carbocycles. The Morgan fingerprint density at radius 1 is 0.353 bits per heavy atom. The number of benzene rings is 6. The van der Waals surface area contributed by atoms with Crippen molar-refractivity contribution in [2.45, 2.75) is 0 Å². The normalized spacial score (nSPS) is 12.7. The topological polar surface area (TPSA) is 8.82 Å². The van der Waals surface area contributed by atoms with E-state index >= 15 is 0 Å². The summed E-state index contributed by atoms with van der Waals surface area (Å²) in [6, 6.07) is 40.2. The van der Waals surface area contributed by atoms with Gasteiger partial charge in [0.25, 0.3) is 0 Å². The summed E-state index contributed by atoms with van der Waals surface area (Å²) in [5.41, 5.74) is 7.65. The standard InChI is InChI=1S/C32H18N2/c1-3-10-21-19(8-1)16-17-26-29(21)24-13-7-15-27-31(24)34(26)28-18-20-9-2-4-11-22(20)30-23-12-5-6-14-25(23)33(27)32(28)30/h1-18H. The molecule has 0 N–H and O–H groups in total. The first-order chi connectivity index (χ1) is 16.9. The van der Waals surface area contributed by atoms with Crippen molar-refractivity contribution in [2.75, 3.05) is 0 Å². The van der Waals surface area contributed by atoms with E-state index in [0.717, 1.165) is 0 Å². The molecule has 9 aromatic rings. The monoisotopic (exact) mass is 430 g/mol. The highest BCUT2D eigenvalue weighted by atomic mass is 15.0. The second kappa shape index (κ2) is 5.67. The summed E-state index contributed by atoms with van der Waals surface area (Å²) in [5.74, 6) is 0. The Hall–Kier alpha value is -4.56. The molecule has 0 bridgehead atoms. The number of hydrogen-bond donors (Lipinski definition) is 0. The lowest BCUT2D eigenvalue weighted by molar-refractivity contribution is 1.26. The highest BCUT2D eigenvalue weighted by Crippen LogP contribution is 2.44. The maximum absolute atomic E-state index is 2.51. The van der Waals surface area contributed by atoms with Gasteiger partial charge in [-0.2, -0.15) is 0 Å². The molecule has 2 nitrogen and oxygen atoms in total. The molecule has 6 aromatic carbocycles. The molecule has 0 spiro atoms. The van der Waals surface area contributed by atoms with Gasteiger partial charge >= 0.3 is 0 Å². The zero-order chi connectivity index (χ0) is 22.0. The van der Waals surface area contributed by atoms with Gasteiger partial charge in [-0.3, -0.25) is 0 Å². The Kier molecular flexibility index (Phi) is 2.83. The Bertz CT molecular complexity index is 2280. The fourth-order valence-electron chi connectivity index (χ4n) is 6.49. The lowest BCUT2D eigenvalue weighted by Gasteiger charge is -2.12. The molecule has 34 heavy (non-hydrogen) atoms. The molecule has 0 saturated heterocycles. The van der Waals surface area contributed by atoms with E-state index in [2.05, 4.69) is 118 Å². The SMILES string of the molecule is c1ccc2c(c1)ccc1c2c2cccc3c2n1c1cc2ccccc2c2c4ccccc4n3c21. The first-order valence-corrected chi connectivity index (χ1v) is 11.8. The van der Waals surface area contributed by atoms with Crippen LogP contribution in [0.5, 0.6) is 0 Å². The van der Waals surface area contributed by atoms with Gasteiger partial charge in [-0.05, 0) is 45.8 Å². The van der Waals surface area contributed by atoms with Gasteiger partial charge < -0.3 is 8.80 Å². The van der Waals surface area contributed by atoms with Gasteiger partial charge in [-0.25, -0.2) is 0 Å². The van der Waals surface area contributed by atoms with Gasteiger partial charge in [-0.15, -0.1) is 0 Å². The van der Waals surface area contributed by atoms with E-state index in [9.17, 15) is 0 Å². The van der Waals surface area contributed by atoms with Gasteiger partial charge in [0.1, 0.15) is 0 Å². The third-order valence-electron chi connectivity index (χ3n) is 7.78. The molecule has 3 heterocycles. The molecule has 0 amide bonds. The van der Waals surface area contributed by atoms with Gasteiger partial charge in [0, 0.05) is 21.5 Å². The highest BCUT2D eigenvalue weighted by molar-refractivity contribution is 6.30. The van der Waals surface area contributed by atoms with E-state index in [-0.39, 0.29) is 0 Å². The van der Waals surface area contributed by atoms with E-state index in [1.54, 1.807) is 0 Å². The maximum Gasteiger partial charge on any atom is 0.0789 e. The molecule has 3 aromatic heterocycles. The lowest BCUT2D eigenvalue weighted by atomic mass is 10.0. The first kappa shape index (κ1) is 17.0. The Morgan fingerprint density at radius 2 is 1.00 bits per heavy atom. The van der Waals surface area contributed by atoms with Crippen molar-refractivity contribution in [1.82, 2.24) is 8.80 Å². The molecule has 0 fully saturated rings. The molecule has 156 valence electrons. The minimum atomic E-state index is 1.26. The van der Waals surface area contributed by atoms with Crippen LogP contribution in [0.4, 0.5) is 0 Å². The van der Waals surface area contributed by atoms with Crippen LogP contribution < -0.4 is 0 Å². The lowest BCUT2D eigenvalue weighted by Crippen LogP contribution is -1.97. The van der Waals surface area contributed by atoms with Crippen LogP contribution in [0.15, 0.2) is 109 Å². The number of para-hydroxylation sites is 2. The van der Waals surface area contributed by atoms with Gasteiger partial charge in [0.15, 0.2) is 0 Å². The second-order valence-electron chi connectivity index (χ2n) is 9.38. The van der Waals surface area contributed by atoms with Crippen molar-refractivity contribution in [3.05, 3.63) is 109 Å². The van der Waals surface area contributed by atoms with E-state index in [4.69, 9.17) is 0 Å². The van der Waals surface area contributed by atoms with Crippen LogP contribution in [0, 0.1) is 0 Å². The predicted molar refractivity (Wildman–Crippen MR) is 145 cm³/mol. The van der Waals surface area contributed by atoms with Crippen LogP contribution in [0.1, 0.15) is 0 Å². The average Bonchev–Trinajstić information content (AvgIpc) is 3.43. The largest absolute Gasteiger partial charge is 0.305 e. The summed E-state index contributed by atoms with van der Waals surface area (Å²) < 4.78 is 5.01. The Labute approximate surface area is 194 Å².